The van der Waals surface area contributed by atoms with Crippen LogP contribution in [0, 0.1) is 0 Å². The van der Waals surface area contributed by atoms with Gasteiger partial charge >= 0.3 is 0 Å². The van der Waals surface area contributed by atoms with Crippen molar-refractivity contribution in [3.63, 3.8) is 0 Å². The molecule has 0 aliphatic carbocycles. The molecular formula is C17H21N3O. The van der Waals surface area contributed by atoms with Crippen molar-refractivity contribution in [2.45, 2.75) is 20.3 Å². The van der Waals surface area contributed by atoms with Crippen LogP contribution in [-0.4, -0.2) is 24.0 Å². The van der Waals surface area contributed by atoms with Crippen LogP contribution in [0.15, 0.2) is 48.8 Å². The summed E-state index contributed by atoms with van der Waals surface area (Å²) < 4.78 is 0. The summed E-state index contributed by atoms with van der Waals surface area (Å²) in [6.45, 7) is 6.21. The van der Waals surface area contributed by atoms with Gasteiger partial charge in [0.1, 0.15) is 0 Å². The van der Waals surface area contributed by atoms with Crippen molar-refractivity contribution in [1.82, 2.24) is 4.98 Å². The molecule has 0 radical (unpaired) electrons. The predicted octanol–water partition coefficient (Wildman–Crippen LogP) is 3.11. The Balaban J connectivity index is 1.95. The third-order valence-electron chi connectivity index (χ3n) is 3.37. The molecule has 2 rings (SSSR count). The van der Waals surface area contributed by atoms with Gasteiger partial charge < -0.3 is 10.2 Å². The van der Waals surface area contributed by atoms with E-state index in [1.54, 1.807) is 12.4 Å². The highest BCUT2D eigenvalue weighted by Gasteiger charge is 2.05. The number of amides is 1. The highest BCUT2D eigenvalue weighted by atomic mass is 16.1. The second-order valence-electron chi connectivity index (χ2n) is 4.81. The Labute approximate surface area is 125 Å². The molecule has 4 heteroatoms. The van der Waals surface area contributed by atoms with E-state index in [1.807, 2.05) is 36.4 Å². The average Bonchev–Trinajstić information content (AvgIpc) is 2.51. The maximum Gasteiger partial charge on any atom is 0.228 e. The van der Waals surface area contributed by atoms with Crippen molar-refractivity contribution < 1.29 is 4.79 Å². The van der Waals surface area contributed by atoms with E-state index in [0.29, 0.717) is 6.42 Å². The van der Waals surface area contributed by atoms with Crippen LogP contribution in [0.2, 0.25) is 0 Å². The lowest BCUT2D eigenvalue weighted by atomic mass is 10.2. The average molecular weight is 283 g/mol. The number of carbonyl (C=O) groups is 1. The summed E-state index contributed by atoms with van der Waals surface area (Å²) in [6.07, 6.45) is 3.75. The van der Waals surface area contributed by atoms with Gasteiger partial charge in [-0.3, -0.25) is 9.78 Å². The summed E-state index contributed by atoms with van der Waals surface area (Å²) in [4.78, 5) is 18.2. The number of hydrogen-bond acceptors (Lipinski definition) is 3. The fraction of sp³-hybridized carbons (Fsp3) is 0.294. The Morgan fingerprint density at radius 1 is 1.14 bits per heavy atom. The molecule has 0 aliphatic heterocycles. The lowest BCUT2D eigenvalue weighted by molar-refractivity contribution is -0.115. The Bertz CT molecular complexity index is 562. The Kier molecular flexibility index (Phi) is 5.32. The maximum absolute atomic E-state index is 12.0. The van der Waals surface area contributed by atoms with Crippen LogP contribution in [0.4, 0.5) is 11.4 Å². The molecule has 4 nitrogen and oxygen atoms in total. The highest BCUT2D eigenvalue weighted by molar-refractivity contribution is 5.92. The second-order valence-corrected chi connectivity index (χ2v) is 4.81. The molecule has 0 unspecified atom stereocenters. The fourth-order valence-corrected chi connectivity index (χ4v) is 2.24. The van der Waals surface area contributed by atoms with Gasteiger partial charge in [-0.15, -0.1) is 0 Å². The van der Waals surface area contributed by atoms with E-state index in [2.05, 4.69) is 29.0 Å². The molecule has 110 valence electrons. The van der Waals surface area contributed by atoms with Gasteiger partial charge in [-0.05, 0) is 49.7 Å². The van der Waals surface area contributed by atoms with Gasteiger partial charge in [-0.2, -0.15) is 0 Å². The minimum absolute atomic E-state index is 0.0291. The summed E-state index contributed by atoms with van der Waals surface area (Å²) in [5.74, 6) is -0.0291. The SMILES string of the molecule is CCN(CC)c1ccc(NC(=O)Cc2cccnc2)cc1. The molecule has 0 saturated carbocycles. The van der Waals surface area contributed by atoms with Gasteiger partial charge in [-0.1, -0.05) is 6.07 Å². The van der Waals surface area contributed by atoms with E-state index in [9.17, 15) is 4.79 Å². The van der Waals surface area contributed by atoms with Crippen molar-refractivity contribution in [3.8, 4) is 0 Å². The third kappa shape index (κ3) is 4.31. The largest absolute Gasteiger partial charge is 0.372 e. The van der Waals surface area contributed by atoms with Crippen molar-refractivity contribution in [1.29, 1.82) is 0 Å². The normalized spacial score (nSPS) is 10.2. The summed E-state index contributed by atoms with van der Waals surface area (Å²) in [7, 11) is 0. The van der Waals surface area contributed by atoms with Gasteiger partial charge in [-0.25, -0.2) is 0 Å². The van der Waals surface area contributed by atoms with Gasteiger partial charge in [0.05, 0.1) is 6.42 Å². The van der Waals surface area contributed by atoms with Crippen molar-refractivity contribution in [2.75, 3.05) is 23.3 Å². The number of carbonyl (C=O) groups excluding carboxylic acids is 1. The van der Waals surface area contributed by atoms with Crippen molar-refractivity contribution in [3.05, 3.63) is 54.4 Å². The van der Waals surface area contributed by atoms with E-state index in [4.69, 9.17) is 0 Å². The smallest absolute Gasteiger partial charge is 0.228 e. The maximum atomic E-state index is 12.0. The number of aromatic nitrogens is 1. The first kappa shape index (κ1) is 15.0. The van der Waals surface area contributed by atoms with Crippen LogP contribution in [0.3, 0.4) is 0 Å². The second kappa shape index (κ2) is 7.43. The zero-order valence-electron chi connectivity index (χ0n) is 12.5. The highest BCUT2D eigenvalue weighted by Crippen LogP contribution is 2.17. The van der Waals surface area contributed by atoms with E-state index < -0.39 is 0 Å². The van der Waals surface area contributed by atoms with Gasteiger partial charge in [0, 0.05) is 36.9 Å². The number of rotatable bonds is 6. The molecule has 1 aromatic carbocycles. The molecule has 0 bridgehead atoms. The van der Waals surface area contributed by atoms with Gasteiger partial charge in [0.25, 0.3) is 0 Å². The number of pyridine rings is 1. The number of nitrogens with zero attached hydrogens (tertiary/aromatic N) is 2. The predicted molar refractivity (Wildman–Crippen MR) is 86.6 cm³/mol. The first-order valence-corrected chi connectivity index (χ1v) is 7.26. The minimum Gasteiger partial charge on any atom is -0.372 e. The summed E-state index contributed by atoms with van der Waals surface area (Å²) in [6, 6.07) is 11.7. The molecule has 21 heavy (non-hydrogen) atoms. The van der Waals surface area contributed by atoms with E-state index in [1.165, 1.54) is 5.69 Å². The van der Waals surface area contributed by atoms with Crippen molar-refractivity contribution >= 4 is 17.3 Å². The molecule has 1 N–H and O–H groups in total. The summed E-state index contributed by atoms with van der Waals surface area (Å²) in [5, 5.41) is 2.91. The lowest BCUT2D eigenvalue weighted by Gasteiger charge is -2.21. The molecule has 1 amide bonds. The first-order chi connectivity index (χ1) is 10.2. The molecule has 0 spiro atoms. The lowest BCUT2D eigenvalue weighted by Crippen LogP contribution is -2.21. The van der Waals surface area contributed by atoms with Crippen LogP contribution >= 0.6 is 0 Å². The van der Waals surface area contributed by atoms with Gasteiger partial charge in [0.15, 0.2) is 0 Å². The number of nitrogens with one attached hydrogen (secondary N) is 1. The van der Waals surface area contributed by atoms with Crippen LogP contribution in [0.1, 0.15) is 19.4 Å². The monoisotopic (exact) mass is 283 g/mol. The third-order valence-corrected chi connectivity index (χ3v) is 3.37. The van der Waals surface area contributed by atoms with Crippen LogP contribution in [-0.2, 0) is 11.2 Å². The van der Waals surface area contributed by atoms with E-state index in [0.717, 1.165) is 24.3 Å². The molecule has 0 fully saturated rings. The zero-order chi connectivity index (χ0) is 15.1. The molecule has 2 aromatic rings. The molecule has 0 aliphatic rings. The van der Waals surface area contributed by atoms with Crippen LogP contribution in [0.5, 0.6) is 0 Å². The summed E-state index contributed by atoms with van der Waals surface area (Å²) in [5.41, 5.74) is 2.90. The molecule has 0 saturated heterocycles. The Morgan fingerprint density at radius 2 is 1.86 bits per heavy atom. The minimum atomic E-state index is -0.0291. The fourth-order valence-electron chi connectivity index (χ4n) is 2.24. The van der Waals surface area contributed by atoms with E-state index in [-0.39, 0.29) is 5.91 Å². The van der Waals surface area contributed by atoms with Crippen LogP contribution in [0.25, 0.3) is 0 Å². The van der Waals surface area contributed by atoms with Crippen LogP contribution < -0.4 is 10.2 Å². The molecule has 0 atom stereocenters. The van der Waals surface area contributed by atoms with Crippen molar-refractivity contribution in [2.24, 2.45) is 0 Å². The number of hydrogen-bond donors (Lipinski definition) is 1. The molecular weight excluding hydrogens is 262 g/mol. The number of anilines is 2. The number of benzene rings is 1. The quantitative estimate of drug-likeness (QED) is 0.886. The van der Waals surface area contributed by atoms with Gasteiger partial charge in [0.2, 0.25) is 5.91 Å². The summed E-state index contributed by atoms with van der Waals surface area (Å²) >= 11 is 0. The Hall–Kier alpha value is -2.36. The standard InChI is InChI=1S/C17H21N3O/c1-3-20(4-2)16-9-7-15(8-10-16)19-17(21)12-14-6-5-11-18-13-14/h5-11,13H,3-4,12H2,1-2H3,(H,19,21). The Morgan fingerprint density at radius 3 is 2.43 bits per heavy atom. The topological polar surface area (TPSA) is 45.2 Å². The first-order valence-electron chi connectivity index (χ1n) is 7.26. The van der Waals surface area contributed by atoms with E-state index >= 15 is 0 Å². The molecule has 1 aromatic heterocycles. The zero-order valence-corrected chi connectivity index (χ0v) is 12.5. The molecule has 1 heterocycles.